The van der Waals surface area contributed by atoms with Gasteiger partial charge in [0.1, 0.15) is 5.75 Å². The van der Waals surface area contributed by atoms with E-state index < -0.39 is 6.04 Å². The predicted octanol–water partition coefficient (Wildman–Crippen LogP) is 1.05. The van der Waals surface area contributed by atoms with Gasteiger partial charge in [-0.2, -0.15) is 0 Å². The molecule has 0 bridgehead atoms. The molecule has 0 fully saturated rings. The van der Waals surface area contributed by atoms with Crippen molar-refractivity contribution in [2.45, 2.75) is 13.0 Å². The van der Waals surface area contributed by atoms with Crippen molar-refractivity contribution in [3.05, 3.63) is 18.2 Å². The summed E-state index contributed by atoms with van der Waals surface area (Å²) in [5, 5.41) is 3.17. The van der Waals surface area contributed by atoms with Crippen LogP contribution in [0, 0.1) is 0 Å². The van der Waals surface area contributed by atoms with Gasteiger partial charge in [-0.15, -0.1) is 0 Å². The highest BCUT2D eigenvalue weighted by Crippen LogP contribution is 2.29. The van der Waals surface area contributed by atoms with Gasteiger partial charge in [-0.1, -0.05) is 11.3 Å². The number of fused-ring (bicyclic) bond motifs is 1. The molecule has 1 aromatic carbocycles. The van der Waals surface area contributed by atoms with Crippen molar-refractivity contribution in [3.8, 4) is 5.75 Å². The number of nitrogens with zero attached hydrogens (tertiary/aromatic N) is 2. The number of ether oxygens (including phenoxy) is 1. The van der Waals surface area contributed by atoms with Gasteiger partial charge in [0.15, 0.2) is 5.13 Å². The van der Waals surface area contributed by atoms with Gasteiger partial charge in [0, 0.05) is 7.05 Å². The minimum absolute atomic E-state index is 0.0698. The van der Waals surface area contributed by atoms with Gasteiger partial charge in [0.2, 0.25) is 11.8 Å². The lowest BCUT2D eigenvalue weighted by molar-refractivity contribution is -0.134. The molecule has 0 unspecified atom stereocenters. The molecule has 0 aliphatic heterocycles. The third kappa shape index (κ3) is 3.71. The number of carbonyl (C=O) groups is 2. The first-order chi connectivity index (χ1) is 10.4. The third-order valence-electron chi connectivity index (χ3n) is 2.99. The second kappa shape index (κ2) is 6.71. The first kappa shape index (κ1) is 16.2. The van der Waals surface area contributed by atoms with Crippen LogP contribution in [0.2, 0.25) is 0 Å². The Morgan fingerprint density at radius 1 is 1.50 bits per heavy atom. The monoisotopic (exact) mass is 322 g/mol. The standard InChI is InChI=1S/C14H18N4O3S/c1-8(15)13(20)18(2)7-12(19)17-14-16-10-5-4-9(21-3)6-11(10)22-14/h4-6,8H,7,15H2,1-3H3,(H,16,17,19)/t8-/m0/s1. The van der Waals surface area contributed by atoms with Crippen molar-refractivity contribution in [3.63, 3.8) is 0 Å². The average molecular weight is 322 g/mol. The number of aromatic nitrogens is 1. The van der Waals surface area contributed by atoms with E-state index in [1.807, 2.05) is 18.2 Å². The fraction of sp³-hybridized carbons (Fsp3) is 0.357. The van der Waals surface area contributed by atoms with E-state index >= 15 is 0 Å². The minimum Gasteiger partial charge on any atom is -0.497 e. The molecule has 8 heteroatoms. The number of likely N-dealkylation sites (N-methyl/N-ethyl adjacent to an activating group) is 1. The fourth-order valence-electron chi connectivity index (χ4n) is 1.89. The number of hydrogen-bond acceptors (Lipinski definition) is 6. The highest BCUT2D eigenvalue weighted by atomic mass is 32.1. The molecule has 0 saturated carbocycles. The van der Waals surface area contributed by atoms with Gasteiger partial charge in [-0.25, -0.2) is 4.98 Å². The smallest absolute Gasteiger partial charge is 0.245 e. The summed E-state index contributed by atoms with van der Waals surface area (Å²) >= 11 is 1.35. The van der Waals surface area contributed by atoms with Crippen LogP contribution in [0.5, 0.6) is 5.75 Å². The topological polar surface area (TPSA) is 97.5 Å². The average Bonchev–Trinajstić information content (AvgIpc) is 2.86. The molecule has 0 aliphatic rings. The van der Waals surface area contributed by atoms with Crippen LogP contribution in [0.15, 0.2) is 18.2 Å². The molecule has 0 saturated heterocycles. The number of nitrogens with one attached hydrogen (secondary N) is 1. The van der Waals surface area contributed by atoms with Gasteiger partial charge in [-0.3, -0.25) is 9.59 Å². The molecule has 0 spiro atoms. The van der Waals surface area contributed by atoms with Crippen LogP contribution in [0.1, 0.15) is 6.92 Å². The van der Waals surface area contributed by atoms with Gasteiger partial charge in [0.05, 0.1) is 29.9 Å². The van der Waals surface area contributed by atoms with E-state index in [0.29, 0.717) is 5.13 Å². The van der Waals surface area contributed by atoms with Crippen LogP contribution in [-0.4, -0.2) is 48.4 Å². The Bertz CT molecular complexity index is 698. The van der Waals surface area contributed by atoms with E-state index in [0.717, 1.165) is 16.0 Å². The Hall–Kier alpha value is -2.19. The van der Waals surface area contributed by atoms with Crippen LogP contribution in [0.25, 0.3) is 10.2 Å². The highest BCUT2D eigenvalue weighted by Gasteiger charge is 2.17. The Balaban J connectivity index is 2.04. The molecule has 2 aromatic rings. The molecule has 0 radical (unpaired) electrons. The number of methoxy groups -OCH3 is 1. The van der Waals surface area contributed by atoms with Crippen molar-refractivity contribution in [2.24, 2.45) is 5.73 Å². The molecule has 7 nitrogen and oxygen atoms in total. The zero-order valence-electron chi connectivity index (χ0n) is 12.6. The molecule has 3 N–H and O–H groups in total. The highest BCUT2D eigenvalue weighted by molar-refractivity contribution is 7.22. The summed E-state index contributed by atoms with van der Waals surface area (Å²) in [7, 11) is 3.13. The molecule has 1 aromatic heterocycles. The SMILES string of the molecule is COc1ccc2nc(NC(=O)CN(C)C(=O)[C@H](C)N)sc2c1. The molecular weight excluding hydrogens is 304 g/mol. The maximum atomic E-state index is 11.9. The minimum atomic E-state index is -0.632. The van der Waals surface area contributed by atoms with E-state index in [4.69, 9.17) is 10.5 Å². The van der Waals surface area contributed by atoms with E-state index in [1.54, 1.807) is 14.0 Å². The summed E-state index contributed by atoms with van der Waals surface area (Å²) in [6, 6.07) is 4.86. The van der Waals surface area contributed by atoms with Crippen molar-refractivity contribution in [2.75, 3.05) is 26.0 Å². The normalized spacial score (nSPS) is 12.0. The Morgan fingerprint density at radius 2 is 2.23 bits per heavy atom. The van der Waals surface area contributed by atoms with Crippen LogP contribution < -0.4 is 15.8 Å². The van der Waals surface area contributed by atoms with Crippen molar-refractivity contribution < 1.29 is 14.3 Å². The Kier molecular flexibility index (Phi) is 4.94. The number of benzene rings is 1. The predicted molar refractivity (Wildman–Crippen MR) is 86.1 cm³/mol. The summed E-state index contributed by atoms with van der Waals surface area (Å²) in [5.41, 5.74) is 6.28. The van der Waals surface area contributed by atoms with Crippen molar-refractivity contribution in [1.29, 1.82) is 0 Å². The Morgan fingerprint density at radius 3 is 2.86 bits per heavy atom. The van der Waals surface area contributed by atoms with E-state index in [9.17, 15) is 9.59 Å². The Labute approximate surface area is 132 Å². The lowest BCUT2D eigenvalue weighted by Gasteiger charge is -2.18. The number of hydrogen-bond donors (Lipinski definition) is 2. The lowest BCUT2D eigenvalue weighted by atomic mass is 10.3. The number of carbonyl (C=O) groups excluding carboxylic acids is 2. The molecular formula is C14H18N4O3S. The summed E-state index contributed by atoms with van der Waals surface area (Å²) in [4.78, 5) is 29.2. The first-order valence-corrected chi connectivity index (χ1v) is 7.47. The molecule has 0 aliphatic carbocycles. The summed E-state index contributed by atoms with van der Waals surface area (Å²) in [6.07, 6.45) is 0. The maximum absolute atomic E-state index is 11.9. The summed E-state index contributed by atoms with van der Waals surface area (Å²) in [5.74, 6) is 0.128. The third-order valence-corrected chi connectivity index (χ3v) is 3.92. The number of rotatable bonds is 5. The van der Waals surface area contributed by atoms with Crippen LogP contribution >= 0.6 is 11.3 Å². The molecule has 22 heavy (non-hydrogen) atoms. The maximum Gasteiger partial charge on any atom is 0.245 e. The van der Waals surface area contributed by atoms with Crippen LogP contribution in [0.3, 0.4) is 0 Å². The lowest BCUT2D eigenvalue weighted by Crippen LogP contribution is -2.43. The quantitative estimate of drug-likeness (QED) is 0.857. The van der Waals surface area contributed by atoms with Crippen molar-refractivity contribution in [1.82, 2.24) is 9.88 Å². The second-order valence-corrected chi connectivity index (χ2v) is 5.91. The van der Waals surface area contributed by atoms with Gasteiger partial charge >= 0.3 is 0 Å². The molecule has 2 rings (SSSR count). The number of anilines is 1. The summed E-state index contributed by atoms with van der Waals surface area (Å²) < 4.78 is 6.06. The first-order valence-electron chi connectivity index (χ1n) is 6.65. The van der Waals surface area contributed by atoms with Gasteiger partial charge < -0.3 is 20.7 Å². The summed E-state index contributed by atoms with van der Waals surface area (Å²) in [6.45, 7) is 1.51. The second-order valence-electron chi connectivity index (χ2n) is 4.88. The number of nitrogens with two attached hydrogens (primary N) is 1. The number of thiazole rings is 1. The van der Waals surface area contributed by atoms with E-state index in [1.165, 1.54) is 23.3 Å². The molecule has 1 heterocycles. The molecule has 1 atom stereocenters. The van der Waals surface area contributed by atoms with Gasteiger partial charge in [0.25, 0.3) is 0 Å². The van der Waals surface area contributed by atoms with Crippen LogP contribution in [-0.2, 0) is 9.59 Å². The molecule has 118 valence electrons. The van der Waals surface area contributed by atoms with E-state index in [-0.39, 0.29) is 18.4 Å². The zero-order valence-corrected chi connectivity index (χ0v) is 13.4. The van der Waals surface area contributed by atoms with Crippen LogP contribution in [0.4, 0.5) is 5.13 Å². The zero-order chi connectivity index (χ0) is 16.3. The molecule has 2 amide bonds. The van der Waals surface area contributed by atoms with E-state index in [2.05, 4.69) is 10.3 Å². The largest absolute Gasteiger partial charge is 0.497 e. The van der Waals surface area contributed by atoms with Crippen molar-refractivity contribution >= 4 is 38.5 Å². The number of amides is 2. The van der Waals surface area contributed by atoms with Gasteiger partial charge in [-0.05, 0) is 25.1 Å². The fourth-order valence-corrected chi connectivity index (χ4v) is 2.80.